The van der Waals surface area contributed by atoms with Gasteiger partial charge in [-0.05, 0) is 6.07 Å². The topological polar surface area (TPSA) is 67.3 Å². The zero-order chi connectivity index (χ0) is 10.5. The molecule has 74 valence electrons. The number of hydrogen-bond acceptors (Lipinski definition) is 4. The normalized spacial score (nSPS) is 6.92. The van der Waals surface area contributed by atoms with Crippen molar-refractivity contribution >= 4 is 0 Å². The second kappa shape index (κ2) is 13.8. The van der Waals surface area contributed by atoms with Gasteiger partial charge in [0.05, 0.1) is 0 Å². The first-order valence-electron chi connectivity index (χ1n) is 3.74. The van der Waals surface area contributed by atoms with E-state index in [1.54, 1.807) is 12.1 Å². The van der Waals surface area contributed by atoms with E-state index in [-0.39, 0.29) is 5.88 Å². The number of rotatable bonds is 0. The van der Waals surface area contributed by atoms with Crippen LogP contribution in [-0.2, 0) is 25.3 Å². The van der Waals surface area contributed by atoms with E-state index in [0.29, 0.717) is 0 Å². The van der Waals surface area contributed by atoms with E-state index in [1.165, 1.54) is 18.7 Å². The second-order valence-electron chi connectivity index (χ2n) is 1.96. The first-order valence-corrected chi connectivity index (χ1v) is 6.14. The molecule has 0 radical (unpaired) electrons. The van der Waals surface area contributed by atoms with E-state index in [0.717, 1.165) is 0 Å². The standard InChI is InChI=1S/C5H5NO.C3H8.2O.W/c7-5-3-1-2-4-6-5;1-3-2;;;/h1-4H,(H,6,7);3H2,1-2H3;;;. The van der Waals surface area contributed by atoms with Crippen LogP contribution in [0.15, 0.2) is 24.4 Å². The van der Waals surface area contributed by atoms with Gasteiger partial charge < -0.3 is 5.11 Å². The van der Waals surface area contributed by atoms with Gasteiger partial charge in [-0.3, -0.25) is 0 Å². The first-order chi connectivity index (χ1) is 6.22. The Hall–Kier alpha value is -0.762. The fourth-order valence-electron chi connectivity index (χ4n) is 0.354. The summed E-state index contributed by atoms with van der Waals surface area (Å²) in [5.74, 6) is 0.0718. The van der Waals surface area contributed by atoms with E-state index in [9.17, 15) is 0 Å². The Kier molecular flexibility index (Phi) is 15.7. The Balaban J connectivity index is 0. The number of aromatic nitrogens is 1. The molecule has 5 heteroatoms. The number of hydrogen-bond donors (Lipinski definition) is 1. The second-order valence-corrected chi connectivity index (χ2v) is 2.45. The molecule has 1 rings (SSSR count). The van der Waals surface area contributed by atoms with E-state index in [1.807, 2.05) is 0 Å². The molecule has 0 saturated carbocycles. The van der Waals surface area contributed by atoms with Crippen molar-refractivity contribution in [2.24, 2.45) is 0 Å². The minimum absolute atomic E-state index is 0.0718. The fraction of sp³-hybridized carbons (Fsp3) is 0.375. The Labute approximate surface area is 86.2 Å². The van der Waals surface area contributed by atoms with Crippen LogP contribution < -0.4 is 0 Å². The first kappa shape index (κ1) is 14.7. The van der Waals surface area contributed by atoms with Crippen molar-refractivity contribution in [1.29, 1.82) is 0 Å². The minimum atomic E-state index is -2.25. The SMILES string of the molecule is CCC.Oc1ccccn1.[O]=[W]=[O]. The van der Waals surface area contributed by atoms with Crippen LogP contribution in [0.25, 0.3) is 0 Å². The monoisotopic (exact) mass is 355 g/mol. The zero-order valence-electron chi connectivity index (χ0n) is 7.64. The molecule has 0 aromatic carbocycles. The van der Waals surface area contributed by atoms with Crippen molar-refractivity contribution in [2.45, 2.75) is 20.3 Å². The van der Waals surface area contributed by atoms with Crippen LogP contribution in [0, 0.1) is 0 Å². The van der Waals surface area contributed by atoms with Crippen molar-refractivity contribution in [1.82, 2.24) is 4.98 Å². The van der Waals surface area contributed by atoms with E-state index < -0.39 is 18.5 Å². The summed E-state index contributed by atoms with van der Waals surface area (Å²) in [6.07, 6.45) is 2.79. The molecule has 1 aromatic heterocycles. The fourth-order valence-corrected chi connectivity index (χ4v) is 0.354. The van der Waals surface area contributed by atoms with Crippen LogP contribution in [0.4, 0.5) is 0 Å². The molecule has 0 atom stereocenters. The summed E-state index contributed by atoms with van der Waals surface area (Å²) in [6, 6.07) is 5.00. The van der Waals surface area contributed by atoms with Crippen molar-refractivity contribution < 1.29 is 30.4 Å². The third-order valence-electron chi connectivity index (χ3n) is 0.649. The Bertz CT molecular complexity index is 222. The summed E-state index contributed by atoms with van der Waals surface area (Å²) in [6.45, 7) is 4.25. The van der Waals surface area contributed by atoms with Gasteiger partial charge in [-0.1, -0.05) is 26.3 Å². The molecular weight excluding hydrogens is 342 g/mol. The Morgan fingerprint density at radius 2 is 1.85 bits per heavy atom. The number of nitrogens with zero attached hydrogens (tertiary/aromatic N) is 1. The van der Waals surface area contributed by atoms with Crippen LogP contribution in [0.3, 0.4) is 0 Å². The van der Waals surface area contributed by atoms with Crippen LogP contribution in [0.1, 0.15) is 20.3 Å². The van der Waals surface area contributed by atoms with Crippen molar-refractivity contribution in [3.05, 3.63) is 24.4 Å². The maximum atomic E-state index is 8.54. The van der Waals surface area contributed by atoms with Gasteiger partial charge in [-0.2, -0.15) is 0 Å². The molecular formula is C8H13NO3W. The van der Waals surface area contributed by atoms with Gasteiger partial charge in [0, 0.05) is 12.3 Å². The van der Waals surface area contributed by atoms with Crippen molar-refractivity contribution in [2.75, 3.05) is 0 Å². The van der Waals surface area contributed by atoms with Gasteiger partial charge in [-0.15, -0.1) is 0 Å². The number of aromatic hydroxyl groups is 1. The average molecular weight is 355 g/mol. The third-order valence-corrected chi connectivity index (χ3v) is 0.649. The summed E-state index contributed by atoms with van der Waals surface area (Å²) < 4.78 is 17.1. The third kappa shape index (κ3) is 18.3. The molecule has 0 aliphatic carbocycles. The predicted molar refractivity (Wildman–Crippen MR) is 43.2 cm³/mol. The average Bonchev–Trinajstić information content (AvgIpc) is 2.08. The van der Waals surface area contributed by atoms with Gasteiger partial charge in [0.1, 0.15) is 0 Å². The van der Waals surface area contributed by atoms with Gasteiger partial charge in [0.15, 0.2) is 0 Å². The van der Waals surface area contributed by atoms with Crippen LogP contribution in [0.5, 0.6) is 5.88 Å². The predicted octanol–water partition coefficient (Wildman–Crippen LogP) is 1.96. The molecule has 1 N–H and O–H groups in total. The van der Waals surface area contributed by atoms with E-state index in [2.05, 4.69) is 18.8 Å². The molecule has 1 heterocycles. The van der Waals surface area contributed by atoms with Gasteiger partial charge in [0.2, 0.25) is 5.88 Å². The van der Waals surface area contributed by atoms with E-state index in [4.69, 9.17) is 11.9 Å². The molecule has 0 amide bonds. The Morgan fingerprint density at radius 3 is 2.00 bits per heavy atom. The summed E-state index contributed by atoms with van der Waals surface area (Å²) in [5, 5.41) is 8.52. The summed E-state index contributed by atoms with van der Waals surface area (Å²) in [5.41, 5.74) is 0. The molecule has 0 unspecified atom stereocenters. The van der Waals surface area contributed by atoms with Crippen LogP contribution in [-0.4, -0.2) is 10.1 Å². The van der Waals surface area contributed by atoms with Gasteiger partial charge >= 0.3 is 25.3 Å². The summed E-state index contributed by atoms with van der Waals surface area (Å²) in [7, 11) is 0. The van der Waals surface area contributed by atoms with Crippen molar-refractivity contribution in [3.63, 3.8) is 0 Å². The molecule has 13 heavy (non-hydrogen) atoms. The van der Waals surface area contributed by atoms with Gasteiger partial charge in [0.25, 0.3) is 0 Å². The van der Waals surface area contributed by atoms with Crippen LogP contribution in [0.2, 0.25) is 0 Å². The quantitative estimate of drug-likeness (QED) is 0.773. The Morgan fingerprint density at radius 1 is 1.38 bits per heavy atom. The zero-order valence-corrected chi connectivity index (χ0v) is 10.6. The molecule has 0 fully saturated rings. The van der Waals surface area contributed by atoms with Gasteiger partial charge in [-0.25, -0.2) is 4.98 Å². The van der Waals surface area contributed by atoms with E-state index >= 15 is 0 Å². The van der Waals surface area contributed by atoms with Crippen molar-refractivity contribution in [3.8, 4) is 5.88 Å². The maximum absolute atomic E-state index is 8.54. The summed E-state index contributed by atoms with van der Waals surface area (Å²) in [4.78, 5) is 3.53. The molecule has 1 aromatic rings. The van der Waals surface area contributed by atoms with Crippen LogP contribution >= 0.6 is 0 Å². The molecule has 0 aliphatic heterocycles. The molecule has 0 saturated heterocycles. The molecule has 0 spiro atoms. The summed E-state index contributed by atoms with van der Waals surface area (Å²) >= 11 is -2.25. The molecule has 0 aliphatic rings. The molecule has 4 nitrogen and oxygen atoms in total. The number of pyridine rings is 1. The molecule has 0 bridgehead atoms.